The summed E-state index contributed by atoms with van der Waals surface area (Å²) in [6, 6.07) is 3.57. The fraction of sp³-hybridized carbons (Fsp3) is 0.455. The van der Waals surface area contributed by atoms with E-state index in [1.54, 1.807) is 13.1 Å². The van der Waals surface area contributed by atoms with Crippen molar-refractivity contribution in [3.05, 3.63) is 29.1 Å². The van der Waals surface area contributed by atoms with E-state index in [1.807, 2.05) is 13.0 Å². The minimum atomic E-state index is -0.130. The number of nitrogens with one attached hydrogen (secondary N) is 1. The Balaban J connectivity index is 2.42. The maximum Gasteiger partial charge on any atom is 0.146 e. The van der Waals surface area contributed by atoms with Crippen molar-refractivity contribution in [3.8, 4) is 0 Å². The van der Waals surface area contributed by atoms with E-state index in [9.17, 15) is 4.39 Å². The average Bonchev–Trinajstić information content (AvgIpc) is 2.91. The zero-order valence-electron chi connectivity index (χ0n) is 8.02. The van der Waals surface area contributed by atoms with Crippen molar-refractivity contribution in [3.63, 3.8) is 0 Å². The summed E-state index contributed by atoms with van der Waals surface area (Å²) >= 11 is 0. The van der Waals surface area contributed by atoms with Crippen molar-refractivity contribution in [1.29, 1.82) is 0 Å². The highest BCUT2D eigenvalue weighted by Crippen LogP contribution is 2.42. The van der Waals surface area contributed by atoms with Crippen LogP contribution in [-0.4, -0.2) is 7.05 Å². The van der Waals surface area contributed by atoms with Gasteiger partial charge in [-0.05, 0) is 48.9 Å². The van der Waals surface area contributed by atoms with Crippen molar-refractivity contribution in [1.82, 2.24) is 0 Å². The number of anilines is 1. The summed E-state index contributed by atoms with van der Waals surface area (Å²) in [4.78, 5) is 0. The van der Waals surface area contributed by atoms with Crippen LogP contribution in [0.2, 0.25) is 0 Å². The first-order chi connectivity index (χ1) is 6.22. The Labute approximate surface area is 78.0 Å². The van der Waals surface area contributed by atoms with Gasteiger partial charge in [0, 0.05) is 7.05 Å². The van der Waals surface area contributed by atoms with Crippen LogP contribution in [0, 0.1) is 12.7 Å². The molecule has 0 bridgehead atoms. The average molecular weight is 179 g/mol. The summed E-state index contributed by atoms with van der Waals surface area (Å²) < 4.78 is 13.4. The fourth-order valence-corrected chi connectivity index (χ4v) is 1.72. The zero-order chi connectivity index (χ0) is 9.42. The Morgan fingerprint density at radius 1 is 1.38 bits per heavy atom. The number of benzene rings is 1. The van der Waals surface area contributed by atoms with E-state index < -0.39 is 0 Å². The van der Waals surface area contributed by atoms with E-state index in [4.69, 9.17) is 0 Å². The standard InChI is InChI=1S/C11H14FN/c1-7-5-11(13-2)10(12)6-9(7)8-3-4-8/h5-6,8,13H,3-4H2,1-2H3. The molecule has 1 aromatic rings. The van der Waals surface area contributed by atoms with Crippen molar-refractivity contribution >= 4 is 5.69 Å². The zero-order valence-corrected chi connectivity index (χ0v) is 8.02. The van der Waals surface area contributed by atoms with Gasteiger partial charge in [0.25, 0.3) is 0 Å². The largest absolute Gasteiger partial charge is 0.386 e. The molecule has 0 spiro atoms. The number of aryl methyl sites for hydroxylation is 1. The molecule has 1 aromatic carbocycles. The maximum atomic E-state index is 13.4. The SMILES string of the molecule is CNc1cc(C)c(C2CC2)cc1F. The van der Waals surface area contributed by atoms with E-state index in [0.717, 1.165) is 0 Å². The Kier molecular flexibility index (Phi) is 1.98. The van der Waals surface area contributed by atoms with Gasteiger partial charge in [0.05, 0.1) is 5.69 Å². The van der Waals surface area contributed by atoms with Gasteiger partial charge >= 0.3 is 0 Å². The maximum absolute atomic E-state index is 13.4. The molecule has 2 heteroatoms. The molecule has 0 aliphatic heterocycles. The predicted octanol–water partition coefficient (Wildman–Crippen LogP) is 3.05. The lowest BCUT2D eigenvalue weighted by molar-refractivity contribution is 0.628. The molecule has 1 aliphatic carbocycles. The van der Waals surface area contributed by atoms with Crippen molar-refractivity contribution in [2.75, 3.05) is 12.4 Å². The molecule has 2 rings (SSSR count). The molecule has 0 heterocycles. The number of hydrogen-bond acceptors (Lipinski definition) is 1. The Bertz CT molecular complexity index is 329. The molecular weight excluding hydrogens is 165 g/mol. The Morgan fingerprint density at radius 3 is 2.62 bits per heavy atom. The van der Waals surface area contributed by atoms with Gasteiger partial charge in [0.15, 0.2) is 0 Å². The third kappa shape index (κ3) is 1.53. The quantitative estimate of drug-likeness (QED) is 0.735. The van der Waals surface area contributed by atoms with Gasteiger partial charge in [0.1, 0.15) is 5.82 Å². The molecular formula is C11H14FN. The van der Waals surface area contributed by atoms with Crippen LogP contribution < -0.4 is 5.32 Å². The molecule has 70 valence electrons. The van der Waals surface area contributed by atoms with Gasteiger partial charge in [-0.2, -0.15) is 0 Å². The van der Waals surface area contributed by atoms with Gasteiger partial charge in [0.2, 0.25) is 0 Å². The summed E-state index contributed by atoms with van der Waals surface area (Å²) in [5.74, 6) is 0.496. The van der Waals surface area contributed by atoms with Gasteiger partial charge in [-0.25, -0.2) is 4.39 Å². The number of halogens is 1. The van der Waals surface area contributed by atoms with Crippen LogP contribution in [0.15, 0.2) is 12.1 Å². The summed E-state index contributed by atoms with van der Waals surface area (Å²) in [5.41, 5.74) is 2.99. The molecule has 0 radical (unpaired) electrons. The summed E-state index contributed by atoms with van der Waals surface area (Å²) in [6.45, 7) is 2.05. The summed E-state index contributed by atoms with van der Waals surface area (Å²) in [5, 5.41) is 2.85. The Hall–Kier alpha value is -1.05. The van der Waals surface area contributed by atoms with Crippen LogP contribution in [0.3, 0.4) is 0 Å². The summed E-state index contributed by atoms with van der Waals surface area (Å²) in [6.07, 6.45) is 2.44. The van der Waals surface area contributed by atoms with Crippen LogP contribution in [0.25, 0.3) is 0 Å². The molecule has 1 fully saturated rings. The molecule has 1 aliphatic rings. The number of hydrogen-bond donors (Lipinski definition) is 1. The molecule has 0 amide bonds. The van der Waals surface area contributed by atoms with Crippen molar-refractivity contribution in [2.45, 2.75) is 25.7 Å². The molecule has 1 saturated carbocycles. The van der Waals surface area contributed by atoms with E-state index in [0.29, 0.717) is 11.6 Å². The lowest BCUT2D eigenvalue weighted by Crippen LogP contribution is -1.96. The first-order valence-corrected chi connectivity index (χ1v) is 4.70. The lowest BCUT2D eigenvalue weighted by Gasteiger charge is -2.08. The highest BCUT2D eigenvalue weighted by molar-refractivity contribution is 5.50. The minimum absolute atomic E-state index is 0.130. The third-order valence-corrected chi connectivity index (χ3v) is 2.64. The Morgan fingerprint density at radius 2 is 2.08 bits per heavy atom. The van der Waals surface area contributed by atoms with E-state index >= 15 is 0 Å². The highest BCUT2D eigenvalue weighted by atomic mass is 19.1. The van der Waals surface area contributed by atoms with Crippen LogP contribution >= 0.6 is 0 Å². The molecule has 0 saturated heterocycles. The molecule has 0 atom stereocenters. The highest BCUT2D eigenvalue weighted by Gasteiger charge is 2.25. The van der Waals surface area contributed by atoms with Crippen LogP contribution in [0.1, 0.15) is 29.9 Å². The van der Waals surface area contributed by atoms with E-state index in [2.05, 4.69) is 5.32 Å². The first-order valence-electron chi connectivity index (χ1n) is 4.70. The van der Waals surface area contributed by atoms with E-state index in [-0.39, 0.29) is 5.82 Å². The van der Waals surface area contributed by atoms with Gasteiger partial charge in [-0.1, -0.05) is 0 Å². The number of rotatable bonds is 2. The fourth-order valence-electron chi connectivity index (χ4n) is 1.72. The van der Waals surface area contributed by atoms with Gasteiger partial charge in [-0.15, -0.1) is 0 Å². The molecule has 1 nitrogen and oxygen atoms in total. The van der Waals surface area contributed by atoms with Crippen LogP contribution in [0.5, 0.6) is 0 Å². The minimum Gasteiger partial charge on any atom is -0.386 e. The molecule has 0 aromatic heterocycles. The molecule has 13 heavy (non-hydrogen) atoms. The lowest BCUT2D eigenvalue weighted by atomic mass is 10.0. The van der Waals surface area contributed by atoms with E-state index in [1.165, 1.54) is 24.0 Å². The second-order valence-corrected chi connectivity index (χ2v) is 3.71. The first kappa shape index (κ1) is 8.54. The van der Waals surface area contributed by atoms with Crippen molar-refractivity contribution in [2.24, 2.45) is 0 Å². The third-order valence-electron chi connectivity index (χ3n) is 2.64. The summed E-state index contributed by atoms with van der Waals surface area (Å²) in [7, 11) is 1.74. The topological polar surface area (TPSA) is 12.0 Å². The van der Waals surface area contributed by atoms with Gasteiger partial charge < -0.3 is 5.32 Å². The van der Waals surface area contributed by atoms with Crippen molar-refractivity contribution < 1.29 is 4.39 Å². The second kappa shape index (κ2) is 3.02. The van der Waals surface area contributed by atoms with Gasteiger partial charge in [-0.3, -0.25) is 0 Å². The van der Waals surface area contributed by atoms with Crippen LogP contribution in [0.4, 0.5) is 10.1 Å². The molecule has 1 N–H and O–H groups in total. The predicted molar refractivity (Wildman–Crippen MR) is 52.7 cm³/mol. The smallest absolute Gasteiger partial charge is 0.146 e. The normalized spacial score (nSPS) is 15.9. The monoisotopic (exact) mass is 179 g/mol. The molecule has 0 unspecified atom stereocenters. The second-order valence-electron chi connectivity index (χ2n) is 3.71. The van der Waals surface area contributed by atoms with Crippen LogP contribution in [-0.2, 0) is 0 Å².